The Labute approximate surface area is 103 Å². The molecule has 0 amide bonds. The largest absolute Gasteiger partial charge is 0.370 e. The highest BCUT2D eigenvalue weighted by Gasteiger charge is 2.07. The lowest BCUT2D eigenvalue weighted by atomic mass is 10.0. The fraction of sp³-hybridized carbons (Fsp3) is 0.692. The van der Waals surface area contributed by atoms with Crippen LogP contribution in [-0.2, 0) is 0 Å². The van der Waals surface area contributed by atoms with Crippen LogP contribution in [0.5, 0.6) is 0 Å². The highest BCUT2D eigenvalue weighted by molar-refractivity contribution is 5.33. The van der Waals surface area contributed by atoms with Gasteiger partial charge in [-0.15, -0.1) is 0 Å². The molecule has 0 fully saturated rings. The van der Waals surface area contributed by atoms with E-state index in [9.17, 15) is 4.79 Å². The third kappa shape index (κ3) is 4.21. The van der Waals surface area contributed by atoms with Crippen molar-refractivity contribution >= 4 is 5.82 Å². The molecule has 0 saturated carbocycles. The molecule has 0 aliphatic heterocycles. The number of aromatic nitrogens is 2. The summed E-state index contributed by atoms with van der Waals surface area (Å²) in [6, 6.07) is 1.52. The van der Waals surface area contributed by atoms with Crippen LogP contribution in [0.2, 0.25) is 0 Å². The van der Waals surface area contributed by atoms with Gasteiger partial charge in [0.25, 0.3) is 5.56 Å². The minimum absolute atomic E-state index is 0.0873. The smallest absolute Gasteiger partial charge is 0.252 e. The van der Waals surface area contributed by atoms with E-state index < -0.39 is 0 Å². The molecule has 17 heavy (non-hydrogen) atoms. The third-order valence-corrected chi connectivity index (χ3v) is 3.03. The first-order valence-electron chi connectivity index (χ1n) is 6.41. The second-order valence-corrected chi connectivity index (χ2v) is 4.73. The molecule has 0 saturated heterocycles. The summed E-state index contributed by atoms with van der Waals surface area (Å²) < 4.78 is 0. The predicted octanol–water partition coefficient (Wildman–Crippen LogP) is 2.74. The Bertz CT molecular complexity index is 394. The molecule has 0 aliphatic carbocycles. The molecule has 2 N–H and O–H groups in total. The van der Waals surface area contributed by atoms with Crippen LogP contribution in [-0.4, -0.2) is 16.5 Å². The van der Waals surface area contributed by atoms with Crippen LogP contribution in [0.25, 0.3) is 0 Å². The first-order valence-corrected chi connectivity index (χ1v) is 6.41. The Balaban J connectivity index is 2.74. The summed E-state index contributed by atoms with van der Waals surface area (Å²) in [5.74, 6) is 2.30. The number of hydrogen-bond acceptors (Lipinski definition) is 3. The van der Waals surface area contributed by atoms with Crippen molar-refractivity contribution in [1.29, 1.82) is 0 Å². The average Bonchev–Trinajstić information content (AvgIpc) is 2.29. The molecule has 0 aromatic carbocycles. The zero-order valence-electron chi connectivity index (χ0n) is 11.2. The second-order valence-electron chi connectivity index (χ2n) is 4.73. The molecular formula is C13H23N3O. The zero-order chi connectivity index (χ0) is 12.8. The molecule has 0 unspecified atom stereocenters. The Morgan fingerprint density at radius 1 is 1.35 bits per heavy atom. The number of H-pyrrole nitrogens is 1. The highest BCUT2D eigenvalue weighted by Crippen LogP contribution is 2.11. The van der Waals surface area contributed by atoms with Gasteiger partial charge in [0.15, 0.2) is 0 Å². The number of aromatic amines is 1. The van der Waals surface area contributed by atoms with Gasteiger partial charge in [-0.1, -0.05) is 40.5 Å². The van der Waals surface area contributed by atoms with E-state index in [1.165, 1.54) is 6.07 Å². The van der Waals surface area contributed by atoms with Crippen LogP contribution < -0.4 is 10.9 Å². The van der Waals surface area contributed by atoms with Crippen molar-refractivity contribution in [3.63, 3.8) is 0 Å². The number of rotatable bonds is 6. The summed E-state index contributed by atoms with van der Waals surface area (Å²) in [6.45, 7) is 9.27. The van der Waals surface area contributed by atoms with Gasteiger partial charge in [0, 0.05) is 18.5 Å². The standard InChI is InChI=1S/C13H23N3O/c1-5-10(6-2)8-14-11-7-12(17)16-13(15-11)9(3)4/h7,9-10H,5-6,8H2,1-4H3,(H2,14,15,16,17). The molecular weight excluding hydrogens is 214 g/mol. The van der Waals surface area contributed by atoms with Crippen molar-refractivity contribution in [3.8, 4) is 0 Å². The van der Waals surface area contributed by atoms with Crippen molar-refractivity contribution < 1.29 is 0 Å². The summed E-state index contributed by atoms with van der Waals surface area (Å²) in [5.41, 5.74) is -0.0873. The van der Waals surface area contributed by atoms with Crippen molar-refractivity contribution in [2.45, 2.75) is 46.5 Å². The molecule has 0 spiro atoms. The van der Waals surface area contributed by atoms with Gasteiger partial charge in [-0.25, -0.2) is 4.98 Å². The van der Waals surface area contributed by atoms with Gasteiger partial charge in [-0.2, -0.15) is 0 Å². The lowest BCUT2D eigenvalue weighted by Gasteiger charge is -2.14. The maximum atomic E-state index is 11.5. The van der Waals surface area contributed by atoms with Crippen LogP contribution in [0, 0.1) is 5.92 Å². The van der Waals surface area contributed by atoms with Crippen molar-refractivity contribution in [3.05, 3.63) is 22.2 Å². The molecule has 1 aromatic heterocycles. The number of hydrogen-bond donors (Lipinski definition) is 2. The summed E-state index contributed by atoms with van der Waals surface area (Å²) >= 11 is 0. The van der Waals surface area contributed by atoms with Gasteiger partial charge in [0.2, 0.25) is 0 Å². The molecule has 0 radical (unpaired) electrons. The van der Waals surface area contributed by atoms with Crippen LogP contribution in [0.4, 0.5) is 5.82 Å². The number of nitrogens with zero attached hydrogens (tertiary/aromatic N) is 1. The fourth-order valence-corrected chi connectivity index (χ4v) is 1.67. The van der Waals surface area contributed by atoms with E-state index in [2.05, 4.69) is 29.1 Å². The minimum Gasteiger partial charge on any atom is -0.370 e. The van der Waals surface area contributed by atoms with E-state index >= 15 is 0 Å². The monoisotopic (exact) mass is 237 g/mol. The number of anilines is 1. The van der Waals surface area contributed by atoms with Crippen LogP contribution >= 0.6 is 0 Å². The molecule has 4 nitrogen and oxygen atoms in total. The quantitative estimate of drug-likeness (QED) is 0.799. The molecule has 0 aliphatic rings. The van der Waals surface area contributed by atoms with Gasteiger partial charge in [0.05, 0.1) is 0 Å². The molecule has 0 atom stereocenters. The van der Waals surface area contributed by atoms with E-state index in [1.807, 2.05) is 13.8 Å². The second kappa shape index (κ2) is 6.42. The van der Waals surface area contributed by atoms with Gasteiger partial charge in [-0.3, -0.25) is 4.79 Å². The van der Waals surface area contributed by atoms with Crippen LogP contribution in [0.1, 0.15) is 52.3 Å². The minimum atomic E-state index is -0.0873. The third-order valence-electron chi connectivity index (χ3n) is 3.03. The summed E-state index contributed by atoms with van der Waals surface area (Å²) in [6.07, 6.45) is 2.29. The SMILES string of the molecule is CCC(CC)CNc1cc(=O)[nH]c(C(C)C)n1. The van der Waals surface area contributed by atoms with Crippen molar-refractivity contribution in [2.24, 2.45) is 5.92 Å². The molecule has 1 heterocycles. The summed E-state index contributed by atoms with van der Waals surface area (Å²) in [4.78, 5) is 18.6. The van der Waals surface area contributed by atoms with E-state index in [0.29, 0.717) is 11.7 Å². The lowest BCUT2D eigenvalue weighted by Crippen LogP contribution is -2.18. The summed E-state index contributed by atoms with van der Waals surface area (Å²) in [7, 11) is 0. The van der Waals surface area contributed by atoms with Crippen molar-refractivity contribution in [2.75, 3.05) is 11.9 Å². The Hall–Kier alpha value is -1.32. The molecule has 4 heteroatoms. The van der Waals surface area contributed by atoms with Crippen LogP contribution in [0.15, 0.2) is 10.9 Å². The first kappa shape index (κ1) is 13.7. The van der Waals surface area contributed by atoms with E-state index in [-0.39, 0.29) is 11.5 Å². The Morgan fingerprint density at radius 2 is 2.00 bits per heavy atom. The molecule has 1 aromatic rings. The van der Waals surface area contributed by atoms with Gasteiger partial charge in [0.1, 0.15) is 11.6 Å². The van der Waals surface area contributed by atoms with E-state index in [4.69, 9.17) is 0 Å². The van der Waals surface area contributed by atoms with Crippen LogP contribution in [0.3, 0.4) is 0 Å². The number of nitrogens with one attached hydrogen (secondary N) is 2. The fourth-order valence-electron chi connectivity index (χ4n) is 1.67. The molecule has 96 valence electrons. The first-order chi connectivity index (χ1) is 8.06. The van der Waals surface area contributed by atoms with Gasteiger partial charge in [-0.05, 0) is 5.92 Å². The highest BCUT2D eigenvalue weighted by atomic mass is 16.1. The maximum absolute atomic E-state index is 11.5. The lowest BCUT2D eigenvalue weighted by molar-refractivity contribution is 0.518. The average molecular weight is 237 g/mol. The summed E-state index contributed by atoms with van der Waals surface area (Å²) in [5, 5.41) is 3.25. The zero-order valence-corrected chi connectivity index (χ0v) is 11.2. The van der Waals surface area contributed by atoms with Gasteiger partial charge >= 0.3 is 0 Å². The van der Waals surface area contributed by atoms with Gasteiger partial charge < -0.3 is 10.3 Å². The van der Waals surface area contributed by atoms with E-state index in [1.54, 1.807) is 0 Å². The Kier molecular flexibility index (Phi) is 5.19. The normalized spacial score (nSPS) is 11.2. The molecule has 1 rings (SSSR count). The maximum Gasteiger partial charge on any atom is 0.252 e. The molecule has 0 bridgehead atoms. The Morgan fingerprint density at radius 3 is 2.53 bits per heavy atom. The predicted molar refractivity (Wildman–Crippen MR) is 71.5 cm³/mol. The topological polar surface area (TPSA) is 57.8 Å². The van der Waals surface area contributed by atoms with E-state index in [0.717, 1.165) is 25.2 Å². The van der Waals surface area contributed by atoms with Crippen molar-refractivity contribution in [1.82, 2.24) is 9.97 Å².